The molecule has 0 saturated carbocycles. The summed E-state index contributed by atoms with van der Waals surface area (Å²) in [6.45, 7) is 4.74. The topological polar surface area (TPSA) is 118 Å². The summed E-state index contributed by atoms with van der Waals surface area (Å²) in [4.78, 5) is 37.4. The highest BCUT2D eigenvalue weighted by Gasteiger charge is 2.46. The second-order valence-electron chi connectivity index (χ2n) is 9.95. The number of nitrogens with zero attached hydrogens (tertiary/aromatic N) is 1. The zero-order valence-electron chi connectivity index (χ0n) is 20.6. The van der Waals surface area contributed by atoms with Gasteiger partial charge in [0.25, 0.3) is 0 Å². The third-order valence-electron chi connectivity index (χ3n) is 5.98. The summed E-state index contributed by atoms with van der Waals surface area (Å²) < 4.78 is 55.2. The first kappa shape index (κ1) is 27.9. The predicted octanol–water partition coefficient (Wildman–Crippen LogP) is 4.63. The van der Waals surface area contributed by atoms with Crippen LogP contribution in [0.2, 0.25) is 5.02 Å². The zero-order chi connectivity index (χ0) is 27.0. The molecule has 202 valence electrons. The minimum Gasteiger partial charge on any atom is -0.459 e. The van der Waals surface area contributed by atoms with Crippen LogP contribution in [-0.4, -0.2) is 54.2 Å². The number of phosphoric ester groups is 1. The van der Waals surface area contributed by atoms with E-state index < -0.39 is 67.7 Å². The Hall–Kier alpha value is -2.14. The Kier molecular flexibility index (Phi) is 8.23. The summed E-state index contributed by atoms with van der Waals surface area (Å²) in [5, 5.41) is 0.497. The number of allylic oxidation sites excluding steroid dienone is 1. The molecule has 0 bridgehead atoms. The number of phosphoric acid groups is 1. The van der Waals surface area contributed by atoms with Crippen molar-refractivity contribution in [2.45, 2.75) is 64.6 Å². The molecule has 5 atom stereocenters. The molecule has 3 aliphatic heterocycles. The van der Waals surface area contributed by atoms with Crippen LogP contribution < -0.4 is 0 Å². The van der Waals surface area contributed by atoms with Crippen molar-refractivity contribution in [3.63, 3.8) is 0 Å². The van der Waals surface area contributed by atoms with Crippen LogP contribution in [0.3, 0.4) is 0 Å². The van der Waals surface area contributed by atoms with Gasteiger partial charge in [-0.3, -0.25) is 32.9 Å². The Balaban J connectivity index is 1.47. The number of ketones is 1. The molecule has 2 fully saturated rings. The van der Waals surface area contributed by atoms with Gasteiger partial charge in [0.1, 0.15) is 18.4 Å². The van der Waals surface area contributed by atoms with E-state index in [-0.39, 0.29) is 19.6 Å². The van der Waals surface area contributed by atoms with Gasteiger partial charge in [-0.2, -0.15) is 0 Å². The predicted molar refractivity (Wildman–Crippen MR) is 128 cm³/mol. The van der Waals surface area contributed by atoms with Gasteiger partial charge in [0.05, 0.1) is 31.2 Å². The molecule has 4 rings (SSSR count). The van der Waals surface area contributed by atoms with Crippen LogP contribution in [-0.2, 0) is 42.0 Å². The molecule has 3 aliphatic rings. The lowest BCUT2D eigenvalue weighted by Gasteiger charge is -2.30. The van der Waals surface area contributed by atoms with Crippen molar-refractivity contribution in [2.24, 2.45) is 5.41 Å². The maximum absolute atomic E-state index is 13.9. The lowest BCUT2D eigenvalue weighted by molar-refractivity contribution is -0.163. The van der Waals surface area contributed by atoms with E-state index in [0.29, 0.717) is 17.0 Å². The van der Waals surface area contributed by atoms with Crippen LogP contribution in [0.1, 0.15) is 51.7 Å². The smallest absolute Gasteiger partial charge is 0.459 e. The first-order valence-electron chi connectivity index (χ1n) is 11.8. The van der Waals surface area contributed by atoms with Gasteiger partial charge in [0.15, 0.2) is 5.83 Å². The number of ether oxygens (including phenoxy) is 2. The Bertz CT molecular complexity index is 1150. The molecule has 0 aliphatic carbocycles. The summed E-state index contributed by atoms with van der Waals surface area (Å²) in [7, 11) is -4.04. The SMILES string of the molecule is CC(C)(C)C(=O)O[C@H]1C[C@H](N2C=C(F)C(=O)CC2=O)O[C@@H]1COP1(=O)OCCC(c2cccc(Cl)c2)O1. The molecular formula is C24H28ClFNO9P. The molecule has 0 spiro atoms. The summed E-state index contributed by atoms with van der Waals surface area (Å²) in [6, 6.07) is 6.93. The number of carbonyl (C=O) groups is 3. The van der Waals surface area contributed by atoms with Crippen molar-refractivity contribution in [3.8, 4) is 0 Å². The van der Waals surface area contributed by atoms with E-state index in [0.717, 1.165) is 11.1 Å². The van der Waals surface area contributed by atoms with Gasteiger partial charge < -0.3 is 9.47 Å². The third-order valence-corrected chi connectivity index (χ3v) is 7.70. The second kappa shape index (κ2) is 10.9. The number of benzene rings is 1. The van der Waals surface area contributed by atoms with E-state index in [9.17, 15) is 23.3 Å². The molecule has 13 heteroatoms. The van der Waals surface area contributed by atoms with Gasteiger partial charge in [-0.05, 0) is 38.5 Å². The fraction of sp³-hybridized carbons (Fsp3) is 0.542. The maximum Gasteiger partial charge on any atom is 0.475 e. The van der Waals surface area contributed by atoms with Crippen LogP contribution in [0.4, 0.5) is 4.39 Å². The second-order valence-corrected chi connectivity index (χ2v) is 12.0. The Morgan fingerprint density at radius 2 is 2.05 bits per heavy atom. The number of hydrogen-bond acceptors (Lipinski definition) is 9. The van der Waals surface area contributed by atoms with E-state index in [1.807, 2.05) is 0 Å². The highest BCUT2D eigenvalue weighted by molar-refractivity contribution is 7.48. The first-order chi connectivity index (χ1) is 17.3. The summed E-state index contributed by atoms with van der Waals surface area (Å²) in [5.41, 5.74) is -0.129. The van der Waals surface area contributed by atoms with E-state index in [2.05, 4.69) is 0 Å². The zero-order valence-corrected chi connectivity index (χ0v) is 22.2. The molecule has 0 N–H and O–H groups in total. The number of halogens is 2. The standard InChI is InChI=1S/C24H28ClFNO9P/c1-24(2,3)23(30)35-19-11-22(27-12-16(26)17(28)10-21(27)29)34-20(19)13-33-37(31)32-8-7-18(36-37)14-5-4-6-15(25)9-14/h4-6,9,12,18-20,22H,7-8,10-11,13H2,1-3H3/t18?,19-,20+,22+,37?/m0/s1. The summed E-state index contributed by atoms with van der Waals surface area (Å²) in [6.07, 6.45) is -2.98. The number of Topliss-reactive ketones (excluding diaryl/α,β-unsaturated/α-hetero) is 1. The van der Waals surface area contributed by atoms with Crippen LogP contribution in [0.5, 0.6) is 0 Å². The number of amides is 1. The van der Waals surface area contributed by atoms with Crippen LogP contribution in [0, 0.1) is 5.41 Å². The highest BCUT2D eigenvalue weighted by Crippen LogP contribution is 2.57. The molecule has 1 amide bonds. The fourth-order valence-corrected chi connectivity index (χ4v) is 5.55. The molecule has 2 unspecified atom stereocenters. The summed E-state index contributed by atoms with van der Waals surface area (Å²) in [5.74, 6) is -3.19. The van der Waals surface area contributed by atoms with Crippen molar-refractivity contribution < 1.29 is 46.4 Å². The third kappa shape index (κ3) is 6.66. The molecule has 1 aromatic carbocycles. The van der Waals surface area contributed by atoms with E-state index in [1.165, 1.54) is 0 Å². The number of hydrogen-bond donors (Lipinski definition) is 0. The molecule has 10 nitrogen and oxygen atoms in total. The molecule has 37 heavy (non-hydrogen) atoms. The van der Waals surface area contributed by atoms with Gasteiger partial charge in [0.2, 0.25) is 11.7 Å². The van der Waals surface area contributed by atoms with Crippen molar-refractivity contribution in [3.05, 3.63) is 46.9 Å². The van der Waals surface area contributed by atoms with Crippen molar-refractivity contribution in [1.29, 1.82) is 0 Å². The van der Waals surface area contributed by atoms with E-state index in [4.69, 9.17) is 34.6 Å². The summed E-state index contributed by atoms with van der Waals surface area (Å²) >= 11 is 6.06. The molecule has 3 heterocycles. The Labute approximate surface area is 218 Å². The largest absolute Gasteiger partial charge is 0.475 e. The normalized spacial score (nSPS) is 30.8. The minimum absolute atomic E-state index is 0.0172. The fourth-order valence-electron chi connectivity index (χ4n) is 3.96. The monoisotopic (exact) mass is 559 g/mol. The van der Waals surface area contributed by atoms with Crippen LogP contribution in [0.15, 0.2) is 36.3 Å². The number of carbonyl (C=O) groups excluding carboxylic acids is 3. The van der Waals surface area contributed by atoms with Crippen LogP contribution >= 0.6 is 19.4 Å². The maximum atomic E-state index is 13.9. The van der Waals surface area contributed by atoms with Gasteiger partial charge in [0, 0.05) is 24.1 Å². The lowest BCUT2D eigenvalue weighted by atomic mass is 9.97. The van der Waals surface area contributed by atoms with Crippen LogP contribution in [0.25, 0.3) is 0 Å². The van der Waals surface area contributed by atoms with Crippen molar-refractivity contribution in [2.75, 3.05) is 13.2 Å². The molecule has 1 aromatic rings. The number of esters is 1. The minimum atomic E-state index is -4.04. The van der Waals surface area contributed by atoms with Gasteiger partial charge in [-0.25, -0.2) is 8.96 Å². The molecule has 0 radical (unpaired) electrons. The molecule has 0 aromatic heterocycles. The van der Waals surface area contributed by atoms with Gasteiger partial charge in [-0.15, -0.1) is 0 Å². The Morgan fingerprint density at radius 3 is 2.76 bits per heavy atom. The van der Waals surface area contributed by atoms with E-state index in [1.54, 1.807) is 45.0 Å². The first-order valence-corrected chi connectivity index (χ1v) is 13.6. The van der Waals surface area contributed by atoms with Crippen molar-refractivity contribution in [1.82, 2.24) is 4.90 Å². The highest BCUT2D eigenvalue weighted by atomic mass is 35.5. The molecular weight excluding hydrogens is 532 g/mol. The molecule has 2 saturated heterocycles. The quantitative estimate of drug-likeness (QED) is 0.279. The Morgan fingerprint density at radius 1 is 1.30 bits per heavy atom. The van der Waals surface area contributed by atoms with Gasteiger partial charge in [-0.1, -0.05) is 23.7 Å². The van der Waals surface area contributed by atoms with Gasteiger partial charge >= 0.3 is 13.8 Å². The number of rotatable bonds is 6. The van der Waals surface area contributed by atoms with Crippen molar-refractivity contribution >= 4 is 37.1 Å². The average Bonchev–Trinajstić information content (AvgIpc) is 3.22. The van der Waals surface area contributed by atoms with E-state index >= 15 is 0 Å². The average molecular weight is 560 g/mol. The lowest BCUT2D eigenvalue weighted by Crippen LogP contribution is -2.40.